The number of benzene rings is 1. The lowest BCUT2D eigenvalue weighted by Gasteiger charge is -2.18. The number of carbonyl (C=O) groups excluding carboxylic acids is 1. The molecule has 2 heterocycles. The molecule has 0 fully saturated rings. The predicted octanol–water partition coefficient (Wildman–Crippen LogP) is 4.10. The normalized spacial score (nSPS) is 13.2. The van der Waals surface area contributed by atoms with Crippen LogP contribution in [-0.2, 0) is 0 Å². The minimum atomic E-state index is 0.00694. The molecule has 23 heavy (non-hydrogen) atoms. The fourth-order valence-corrected chi connectivity index (χ4v) is 3.47. The molecule has 0 unspecified atom stereocenters. The Balaban J connectivity index is 1.77. The second-order valence-electron chi connectivity index (χ2n) is 5.51. The molecule has 3 rings (SSSR count). The summed E-state index contributed by atoms with van der Waals surface area (Å²) in [5, 5.41) is 3.07. The van der Waals surface area contributed by atoms with Gasteiger partial charge in [-0.2, -0.15) is 0 Å². The molecule has 0 bridgehead atoms. The molecule has 1 aliphatic heterocycles. The largest absolute Gasteiger partial charge is 0.486 e. The molecule has 1 aromatic heterocycles. The first-order valence-corrected chi connectivity index (χ1v) is 8.83. The highest BCUT2D eigenvalue weighted by molar-refractivity contribution is 7.17. The zero-order valence-electron chi connectivity index (χ0n) is 13.4. The highest BCUT2D eigenvalue weighted by Gasteiger charge is 2.16. The van der Waals surface area contributed by atoms with Crippen LogP contribution in [0.5, 0.6) is 11.5 Å². The predicted molar refractivity (Wildman–Crippen MR) is 92.6 cm³/mol. The zero-order chi connectivity index (χ0) is 16.2. The van der Waals surface area contributed by atoms with Crippen molar-refractivity contribution in [3.8, 4) is 21.9 Å². The van der Waals surface area contributed by atoms with Gasteiger partial charge in [-0.25, -0.2) is 0 Å². The summed E-state index contributed by atoms with van der Waals surface area (Å²) in [5.41, 5.74) is 1.04. The maximum absolute atomic E-state index is 12.3. The third kappa shape index (κ3) is 3.50. The average molecular weight is 331 g/mol. The summed E-state index contributed by atoms with van der Waals surface area (Å²) >= 11 is 1.50. The van der Waals surface area contributed by atoms with Crippen molar-refractivity contribution in [2.45, 2.75) is 32.7 Å². The van der Waals surface area contributed by atoms with Gasteiger partial charge in [-0.1, -0.05) is 13.8 Å². The Hall–Kier alpha value is -2.01. The molecule has 122 valence electrons. The van der Waals surface area contributed by atoms with E-state index in [-0.39, 0.29) is 11.9 Å². The highest BCUT2D eigenvalue weighted by Crippen LogP contribution is 2.36. The van der Waals surface area contributed by atoms with E-state index >= 15 is 0 Å². The lowest BCUT2D eigenvalue weighted by atomic mass is 10.1. The fraction of sp³-hybridized carbons (Fsp3) is 0.389. The fourth-order valence-electron chi connectivity index (χ4n) is 2.56. The molecule has 0 radical (unpaired) electrons. The molecule has 0 spiro atoms. The summed E-state index contributed by atoms with van der Waals surface area (Å²) in [5.74, 6) is 1.56. The first-order valence-electron chi connectivity index (χ1n) is 8.02. The van der Waals surface area contributed by atoms with Gasteiger partial charge in [-0.3, -0.25) is 4.79 Å². The van der Waals surface area contributed by atoms with E-state index in [0.717, 1.165) is 39.7 Å². The Kier molecular flexibility index (Phi) is 4.86. The van der Waals surface area contributed by atoms with Crippen LogP contribution in [-0.4, -0.2) is 25.2 Å². The Morgan fingerprint density at radius 2 is 1.87 bits per heavy atom. The van der Waals surface area contributed by atoms with Gasteiger partial charge in [-0.05, 0) is 48.7 Å². The molecule has 1 amide bonds. The van der Waals surface area contributed by atoms with Gasteiger partial charge in [-0.15, -0.1) is 11.3 Å². The van der Waals surface area contributed by atoms with Crippen LogP contribution in [0.25, 0.3) is 10.4 Å². The van der Waals surface area contributed by atoms with E-state index in [2.05, 4.69) is 19.2 Å². The van der Waals surface area contributed by atoms with Crippen molar-refractivity contribution in [3.63, 3.8) is 0 Å². The van der Waals surface area contributed by atoms with Gasteiger partial charge in [0.15, 0.2) is 11.5 Å². The SMILES string of the molecule is CCC(CC)NC(=O)c1ccc(-c2ccc3c(c2)OCCO3)s1. The number of carbonyl (C=O) groups is 1. The van der Waals surface area contributed by atoms with Gasteiger partial charge in [0.1, 0.15) is 13.2 Å². The Morgan fingerprint density at radius 1 is 1.13 bits per heavy atom. The van der Waals surface area contributed by atoms with Crippen molar-refractivity contribution in [1.82, 2.24) is 5.32 Å². The second-order valence-corrected chi connectivity index (χ2v) is 6.59. The second kappa shape index (κ2) is 7.04. The van der Waals surface area contributed by atoms with E-state index in [4.69, 9.17) is 9.47 Å². The maximum Gasteiger partial charge on any atom is 0.261 e. The van der Waals surface area contributed by atoms with Gasteiger partial charge in [0.25, 0.3) is 5.91 Å². The molecular weight excluding hydrogens is 310 g/mol. The van der Waals surface area contributed by atoms with E-state index in [1.54, 1.807) is 0 Å². The van der Waals surface area contributed by atoms with Crippen molar-refractivity contribution in [1.29, 1.82) is 0 Å². The highest BCUT2D eigenvalue weighted by atomic mass is 32.1. The van der Waals surface area contributed by atoms with Gasteiger partial charge in [0, 0.05) is 10.9 Å². The van der Waals surface area contributed by atoms with Gasteiger partial charge >= 0.3 is 0 Å². The summed E-state index contributed by atoms with van der Waals surface area (Å²) in [4.78, 5) is 14.1. The summed E-state index contributed by atoms with van der Waals surface area (Å²) < 4.78 is 11.2. The van der Waals surface area contributed by atoms with E-state index < -0.39 is 0 Å². The number of amides is 1. The summed E-state index contributed by atoms with van der Waals surface area (Å²) in [6, 6.07) is 10.0. The first kappa shape index (κ1) is 15.9. The average Bonchev–Trinajstić information content (AvgIpc) is 3.09. The van der Waals surface area contributed by atoms with Crippen LogP contribution < -0.4 is 14.8 Å². The van der Waals surface area contributed by atoms with Gasteiger partial charge < -0.3 is 14.8 Å². The van der Waals surface area contributed by atoms with Gasteiger partial charge in [0.05, 0.1) is 4.88 Å². The van der Waals surface area contributed by atoms with Crippen LogP contribution in [0.4, 0.5) is 0 Å². The minimum absolute atomic E-state index is 0.00694. The molecule has 5 heteroatoms. The van der Waals surface area contributed by atoms with E-state index in [0.29, 0.717) is 13.2 Å². The first-order chi connectivity index (χ1) is 11.2. The van der Waals surface area contributed by atoms with E-state index in [1.807, 2.05) is 30.3 Å². The van der Waals surface area contributed by atoms with Crippen molar-refractivity contribution >= 4 is 17.2 Å². The van der Waals surface area contributed by atoms with Crippen LogP contribution in [0.15, 0.2) is 30.3 Å². The number of nitrogens with one attached hydrogen (secondary N) is 1. The van der Waals surface area contributed by atoms with Crippen LogP contribution >= 0.6 is 11.3 Å². The quantitative estimate of drug-likeness (QED) is 0.897. The molecule has 2 aromatic rings. The lowest BCUT2D eigenvalue weighted by Crippen LogP contribution is -2.33. The third-order valence-corrected chi connectivity index (χ3v) is 5.11. The van der Waals surface area contributed by atoms with Crippen LogP contribution in [0.1, 0.15) is 36.4 Å². The number of ether oxygens (including phenoxy) is 2. The number of hydrogen-bond acceptors (Lipinski definition) is 4. The summed E-state index contributed by atoms with van der Waals surface area (Å²) in [6.45, 7) is 5.34. The molecule has 0 atom stereocenters. The number of fused-ring (bicyclic) bond motifs is 1. The van der Waals surface area contributed by atoms with Crippen LogP contribution in [0.2, 0.25) is 0 Å². The molecule has 0 saturated carbocycles. The summed E-state index contributed by atoms with van der Waals surface area (Å²) in [7, 11) is 0. The van der Waals surface area contributed by atoms with Crippen LogP contribution in [0, 0.1) is 0 Å². The Morgan fingerprint density at radius 3 is 2.61 bits per heavy atom. The molecule has 1 aliphatic rings. The van der Waals surface area contributed by atoms with Gasteiger partial charge in [0.2, 0.25) is 0 Å². The lowest BCUT2D eigenvalue weighted by molar-refractivity contribution is 0.0939. The maximum atomic E-state index is 12.3. The molecule has 1 N–H and O–H groups in total. The molecule has 0 aliphatic carbocycles. The van der Waals surface area contributed by atoms with Crippen molar-refractivity contribution in [2.24, 2.45) is 0 Å². The van der Waals surface area contributed by atoms with Crippen molar-refractivity contribution in [3.05, 3.63) is 35.2 Å². The van der Waals surface area contributed by atoms with E-state index in [9.17, 15) is 4.79 Å². The zero-order valence-corrected chi connectivity index (χ0v) is 14.2. The topological polar surface area (TPSA) is 47.6 Å². The molecule has 4 nitrogen and oxygen atoms in total. The molecular formula is C18H21NO3S. The number of hydrogen-bond donors (Lipinski definition) is 1. The van der Waals surface area contributed by atoms with Crippen molar-refractivity contribution in [2.75, 3.05) is 13.2 Å². The summed E-state index contributed by atoms with van der Waals surface area (Å²) in [6.07, 6.45) is 1.89. The standard InChI is InChI=1S/C18H21NO3S/c1-3-13(4-2)19-18(20)17-8-7-16(23-17)12-5-6-14-15(11-12)22-10-9-21-14/h5-8,11,13H,3-4,9-10H2,1-2H3,(H,19,20). The Bertz CT molecular complexity index is 691. The van der Waals surface area contributed by atoms with Crippen LogP contribution in [0.3, 0.4) is 0 Å². The smallest absolute Gasteiger partial charge is 0.261 e. The van der Waals surface area contributed by atoms with E-state index in [1.165, 1.54) is 11.3 Å². The van der Waals surface area contributed by atoms with Crippen molar-refractivity contribution < 1.29 is 14.3 Å². The molecule has 0 saturated heterocycles. The number of rotatable bonds is 5. The molecule has 1 aromatic carbocycles. The Labute approximate surface area is 140 Å². The minimum Gasteiger partial charge on any atom is -0.486 e. The number of thiophene rings is 1. The monoisotopic (exact) mass is 331 g/mol. The third-order valence-electron chi connectivity index (χ3n) is 3.98.